The Labute approximate surface area is 358 Å². The van der Waals surface area contributed by atoms with Gasteiger partial charge in [-0.3, -0.25) is 0 Å². The molecule has 9 aromatic rings. The molecule has 9 heteroatoms. The number of fused-ring (bicyclic) bond motifs is 8. The molecule has 0 saturated carbocycles. The van der Waals surface area contributed by atoms with E-state index in [1.165, 1.54) is 16.4 Å². The third-order valence-electron chi connectivity index (χ3n) is 12.6. The van der Waals surface area contributed by atoms with E-state index in [0.717, 1.165) is 120 Å². The first kappa shape index (κ1) is 35.3. The normalized spacial score (nSPS) is 14.9. The van der Waals surface area contributed by atoms with Crippen LogP contribution < -0.4 is 45.1 Å². The van der Waals surface area contributed by atoms with Crippen LogP contribution >= 0.6 is 0 Å². The van der Waals surface area contributed by atoms with Crippen molar-refractivity contribution in [1.82, 2.24) is 0 Å². The summed E-state index contributed by atoms with van der Waals surface area (Å²) in [7, 11) is 0. The van der Waals surface area contributed by atoms with Crippen LogP contribution in [0.2, 0.25) is 0 Å². The zero-order valence-corrected chi connectivity index (χ0v) is 34.0. The summed E-state index contributed by atoms with van der Waals surface area (Å²) in [6, 6.07) is 51.5. The number of hydrogen-bond donors (Lipinski definition) is 0. The molecule has 0 saturated heterocycles. The fourth-order valence-corrected chi connectivity index (χ4v) is 9.82. The Morgan fingerprint density at radius 3 is 1.39 bits per heavy atom. The molecule has 7 aromatic carbocycles. The van der Waals surface area contributed by atoms with Gasteiger partial charge in [-0.1, -0.05) is 60.7 Å². The zero-order chi connectivity index (χ0) is 40.9. The van der Waals surface area contributed by atoms with Gasteiger partial charge in [-0.2, -0.15) is 0 Å². The summed E-state index contributed by atoms with van der Waals surface area (Å²) < 4.78 is 37.9. The maximum atomic E-state index is 6.50. The molecule has 0 atom stereocenters. The highest BCUT2D eigenvalue weighted by Gasteiger charge is 2.44. The van der Waals surface area contributed by atoms with Crippen molar-refractivity contribution >= 4 is 79.2 Å². The first-order valence-electron chi connectivity index (χ1n) is 21.4. The van der Waals surface area contributed by atoms with Crippen molar-refractivity contribution in [2.24, 2.45) is 0 Å². The van der Waals surface area contributed by atoms with E-state index in [-0.39, 0.29) is 6.71 Å². The SMILES string of the molecule is Cc1cc2c3c(c1)N(c1ccc4c(c1)OCCCO4)c1cc(-c4cc5ccccc5o4)ccc1B3c1ccc(-c3cc4ccccc4o3)cc1N2c1ccc2c(c1)OCCCO2. The van der Waals surface area contributed by atoms with E-state index in [1.54, 1.807) is 0 Å². The molecule has 4 aliphatic heterocycles. The molecule has 0 amide bonds. The maximum Gasteiger partial charge on any atom is 0.252 e. The molecule has 4 aliphatic rings. The van der Waals surface area contributed by atoms with Crippen LogP contribution in [0.5, 0.6) is 23.0 Å². The number of hydrogen-bond acceptors (Lipinski definition) is 8. The van der Waals surface area contributed by atoms with E-state index in [1.807, 2.05) is 48.5 Å². The van der Waals surface area contributed by atoms with Gasteiger partial charge in [0.2, 0.25) is 0 Å². The summed E-state index contributed by atoms with van der Waals surface area (Å²) in [5, 5.41) is 2.14. The van der Waals surface area contributed by atoms with Crippen molar-refractivity contribution in [3.8, 4) is 45.6 Å². The number of rotatable bonds is 4. The molecule has 0 aliphatic carbocycles. The van der Waals surface area contributed by atoms with Crippen molar-refractivity contribution in [3.63, 3.8) is 0 Å². The number of furan rings is 2. The lowest BCUT2D eigenvalue weighted by Crippen LogP contribution is -2.61. The second kappa shape index (κ2) is 13.8. The van der Waals surface area contributed by atoms with Gasteiger partial charge in [-0.15, -0.1) is 0 Å². The molecule has 13 rings (SSSR count). The Balaban J connectivity index is 1.07. The van der Waals surface area contributed by atoms with Gasteiger partial charge in [-0.25, -0.2) is 0 Å². The van der Waals surface area contributed by atoms with Crippen LogP contribution in [0.25, 0.3) is 44.6 Å². The summed E-state index contributed by atoms with van der Waals surface area (Å²) >= 11 is 0. The van der Waals surface area contributed by atoms with E-state index in [4.69, 9.17) is 27.8 Å². The molecule has 62 heavy (non-hydrogen) atoms. The first-order valence-corrected chi connectivity index (χ1v) is 21.4. The fourth-order valence-electron chi connectivity index (χ4n) is 9.82. The van der Waals surface area contributed by atoms with Crippen LogP contribution in [0.1, 0.15) is 18.4 Å². The Hall–Kier alpha value is -7.52. The smallest absolute Gasteiger partial charge is 0.252 e. The highest BCUT2D eigenvalue weighted by Crippen LogP contribution is 2.49. The third kappa shape index (κ3) is 5.54. The van der Waals surface area contributed by atoms with Crippen molar-refractivity contribution in [2.75, 3.05) is 36.2 Å². The van der Waals surface area contributed by atoms with E-state index in [0.29, 0.717) is 26.4 Å². The zero-order valence-electron chi connectivity index (χ0n) is 34.0. The van der Waals surface area contributed by atoms with Crippen LogP contribution in [0.4, 0.5) is 34.1 Å². The fraction of sp³-hybridized carbons (Fsp3) is 0.132. The van der Waals surface area contributed by atoms with Gasteiger partial charge in [-0.05, 0) is 102 Å². The van der Waals surface area contributed by atoms with Crippen molar-refractivity contribution in [1.29, 1.82) is 0 Å². The quantitative estimate of drug-likeness (QED) is 0.163. The lowest BCUT2D eigenvalue weighted by atomic mass is 9.33. The molecular formula is C53H39BN2O6. The van der Waals surface area contributed by atoms with Crippen molar-refractivity contribution in [2.45, 2.75) is 19.8 Å². The summed E-state index contributed by atoms with van der Waals surface area (Å²) in [6.07, 6.45) is 1.66. The molecule has 8 nitrogen and oxygen atoms in total. The van der Waals surface area contributed by atoms with Crippen LogP contribution in [0.3, 0.4) is 0 Å². The highest BCUT2D eigenvalue weighted by molar-refractivity contribution is 7.00. The number of nitrogens with zero attached hydrogens (tertiary/aromatic N) is 2. The van der Waals surface area contributed by atoms with Gasteiger partial charge < -0.3 is 37.6 Å². The van der Waals surface area contributed by atoms with Crippen LogP contribution in [0.15, 0.2) is 154 Å². The van der Waals surface area contributed by atoms with Crippen molar-refractivity contribution < 1.29 is 27.8 Å². The summed E-state index contributed by atoms with van der Waals surface area (Å²) in [5.74, 6) is 4.66. The van der Waals surface area contributed by atoms with Gasteiger partial charge in [0.05, 0.1) is 37.8 Å². The minimum atomic E-state index is -0.103. The van der Waals surface area contributed by atoms with E-state index >= 15 is 0 Å². The lowest BCUT2D eigenvalue weighted by molar-refractivity contribution is 0.296. The Bertz CT molecular complexity index is 3000. The van der Waals surface area contributed by atoms with E-state index in [2.05, 4.69) is 114 Å². The number of anilines is 6. The lowest BCUT2D eigenvalue weighted by Gasteiger charge is -2.44. The molecule has 0 bridgehead atoms. The molecule has 0 N–H and O–H groups in total. The topological polar surface area (TPSA) is 69.7 Å². The first-order chi connectivity index (χ1) is 30.6. The molecule has 6 heterocycles. The average molecular weight is 811 g/mol. The maximum absolute atomic E-state index is 6.50. The Kier molecular flexibility index (Phi) is 7.82. The molecular weight excluding hydrogens is 771 g/mol. The predicted molar refractivity (Wildman–Crippen MR) is 247 cm³/mol. The minimum absolute atomic E-state index is 0.103. The van der Waals surface area contributed by atoms with Gasteiger partial charge in [0.15, 0.2) is 23.0 Å². The number of benzene rings is 7. The van der Waals surface area contributed by atoms with Gasteiger partial charge in [0, 0.05) is 69.6 Å². The van der Waals surface area contributed by atoms with Crippen LogP contribution in [-0.2, 0) is 0 Å². The molecule has 300 valence electrons. The Morgan fingerprint density at radius 2 is 0.903 bits per heavy atom. The molecule has 0 radical (unpaired) electrons. The van der Waals surface area contributed by atoms with Crippen LogP contribution in [-0.4, -0.2) is 33.1 Å². The highest BCUT2D eigenvalue weighted by atomic mass is 16.5. The predicted octanol–water partition coefficient (Wildman–Crippen LogP) is 11.2. The second-order valence-electron chi connectivity index (χ2n) is 16.5. The number of para-hydroxylation sites is 2. The molecule has 0 fully saturated rings. The second-order valence-corrected chi connectivity index (χ2v) is 16.5. The summed E-state index contributed by atoms with van der Waals surface area (Å²) in [5.41, 5.74) is 14.7. The molecule has 0 unspecified atom stereocenters. The van der Waals surface area contributed by atoms with E-state index in [9.17, 15) is 0 Å². The van der Waals surface area contributed by atoms with E-state index < -0.39 is 0 Å². The van der Waals surface area contributed by atoms with Gasteiger partial charge in [0.1, 0.15) is 22.7 Å². The van der Waals surface area contributed by atoms with Gasteiger partial charge >= 0.3 is 0 Å². The Morgan fingerprint density at radius 1 is 0.435 bits per heavy atom. The molecule has 2 aromatic heterocycles. The van der Waals surface area contributed by atoms with Gasteiger partial charge in [0.25, 0.3) is 6.71 Å². The monoisotopic (exact) mass is 810 g/mol. The largest absolute Gasteiger partial charge is 0.490 e. The van der Waals surface area contributed by atoms with Crippen LogP contribution in [0, 0.1) is 6.92 Å². The number of aryl methyl sites for hydroxylation is 1. The summed E-state index contributed by atoms with van der Waals surface area (Å²) in [4.78, 5) is 4.80. The number of ether oxygens (including phenoxy) is 4. The summed E-state index contributed by atoms with van der Waals surface area (Å²) in [6.45, 7) is 4.53. The minimum Gasteiger partial charge on any atom is -0.490 e. The van der Waals surface area contributed by atoms with Crippen molar-refractivity contribution in [3.05, 3.63) is 151 Å². The average Bonchev–Trinajstić information content (AvgIpc) is 3.77. The standard InChI is InChI=1S/C53H39BN2O6/c1-32-24-43-53-44(25-32)56(38-15-19-48-52(31-38)60-23-7-21-58-48)42-27-36(50-29-34-9-3-5-11-46(34)62-50)13-17-40(42)54(53)39-16-12-35(49-28-33-8-2-4-10-45(33)61-49)26-41(39)55(43)37-14-18-47-51(30-37)59-22-6-20-57-47/h2-5,8-19,24-31H,6-7,20-23H2,1H3. The molecule has 0 spiro atoms. The third-order valence-corrected chi connectivity index (χ3v) is 12.6.